The number of imide groups is 1. The van der Waals surface area contributed by atoms with Crippen molar-refractivity contribution >= 4 is 34.6 Å². The number of carbonyl (C=O) groups is 2. The molecule has 1 saturated heterocycles. The zero-order valence-corrected chi connectivity index (χ0v) is 16.0. The topological polar surface area (TPSA) is 46.6 Å². The van der Waals surface area contributed by atoms with Crippen LogP contribution >= 0.6 is 22.6 Å². The lowest BCUT2D eigenvalue weighted by molar-refractivity contribution is -0.144. The van der Waals surface area contributed by atoms with Gasteiger partial charge in [0.1, 0.15) is 11.0 Å². The van der Waals surface area contributed by atoms with E-state index in [9.17, 15) is 18.4 Å². The molecule has 1 atom stereocenters. The number of likely N-dealkylation sites (tertiary alicyclic amines) is 1. The van der Waals surface area contributed by atoms with Gasteiger partial charge in [-0.15, -0.1) is 0 Å². The van der Waals surface area contributed by atoms with E-state index in [1.54, 1.807) is 51.1 Å². The zero-order valence-electron chi connectivity index (χ0n) is 13.8. The van der Waals surface area contributed by atoms with Crippen LogP contribution < -0.4 is 0 Å². The summed E-state index contributed by atoms with van der Waals surface area (Å²) >= 11 is 1.00. The van der Waals surface area contributed by atoms with E-state index in [-0.39, 0.29) is 19.4 Å². The molecule has 1 aromatic carbocycles. The summed E-state index contributed by atoms with van der Waals surface area (Å²) in [6, 6.07) is 8.65. The van der Waals surface area contributed by atoms with Crippen molar-refractivity contribution in [3.63, 3.8) is 0 Å². The molecule has 2 amide bonds. The number of hydrogen-bond acceptors (Lipinski definition) is 3. The summed E-state index contributed by atoms with van der Waals surface area (Å²) in [5, 5.41) is 0. The highest BCUT2D eigenvalue weighted by molar-refractivity contribution is 14.1. The molecular formula is C17H20F2INO3. The van der Waals surface area contributed by atoms with E-state index in [1.807, 2.05) is 0 Å². The first-order valence-corrected chi connectivity index (χ1v) is 8.70. The van der Waals surface area contributed by atoms with E-state index >= 15 is 0 Å². The van der Waals surface area contributed by atoms with Gasteiger partial charge in [0.25, 0.3) is 0 Å². The molecule has 0 aliphatic carbocycles. The second-order valence-corrected chi connectivity index (χ2v) is 8.28. The van der Waals surface area contributed by atoms with Crippen molar-refractivity contribution < 1.29 is 23.1 Å². The van der Waals surface area contributed by atoms with Crippen LogP contribution in [0.4, 0.5) is 13.6 Å². The van der Waals surface area contributed by atoms with E-state index in [4.69, 9.17) is 4.74 Å². The molecule has 1 aromatic rings. The number of carbonyl (C=O) groups excluding carboxylic acids is 2. The molecule has 0 radical (unpaired) electrons. The number of rotatable bonds is 3. The molecule has 1 aliphatic rings. The van der Waals surface area contributed by atoms with Crippen molar-refractivity contribution in [1.29, 1.82) is 0 Å². The lowest BCUT2D eigenvalue weighted by Gasteiger charge is -2.32. The van der Waals surface area contributed by atoms with Gasteiger partial charge in [0.15, 0.2) is 0 Å². The van der Waals surface area contributed by atoms with Gasteiger partial charge in [-0.05, 0) is 61.8 Å². The predicted octanol–water partition coefficient (Wildman–Crippen LogP) is 4.41. The Morgan fingerprint density at radius 3 is 2.38 bits per heavy atom. The minimum atomic E-state index is -3.28. The lowest BCUT2D eigenvalue weighted by atomic mass is 9.80. The van der Waals surface area contributed by atoms with Gasteiger partial charge in [0, 0.05) is 6.54 Å². The molecule has 132 valence electrons. The lowest BCUT2D eigenvalue weighted by Crippen LogP contribution is -2.48. The Morgan fingerprint density at radius 2 is 1.88 bits per heavy atom. The van der Waals surface area contributed by atoms with Crippen molar-refractivity contribution in [2.24, 2.45) is 5.41 Å². The van der Waals surface area contributed by atoms with Crippen LogP contribution in [0.15, 0.2) is 30.3 Å². The molecule has 1 heterocycles. The molecule has 0 spiro atoms. The first kappa shape index (κ1) is 19.1. The quantitative estimate of drug-likeness (QED) is 0.506. The first-order chi connectivity index (χ1) is 11.0. The van der Waals surface area contributed by atoms with Crippen LogP contribution in [0.2, 0.25) is 0 Å². The van der Waals surface area contributed by atoms with Gasteiger partial charge in [0.2, 0.25) is 5.91 Å². The fourth-order valence-electron chi connectivity index (χ4n) is 2.73. The molecule has 24 heavy (non-hydrogen) atoms. The summed E-state index contributed by atoms with van der Waals surface area (Å²) in [7, 11) is 0. The van der Waals surface area contributed by atoms with Gasteiger partial charge in [-0.1, -0.05) is 30.3 Å². The molecule has 1 unspecified atom stereocenters. The summed E-state index contributed by atoms with van der Waals surface area (Å²) in [5.74, 6) is -0.875. The van der Waals surface area contributed by atoms with Gasteiger partial charge < -0.3 is 4.74 Å². The third-order valence-electron chi connectivity index (χ3n) is 3.92. The van der Waals surface area contributed by atoms with Crippen LogP contribution in [-0.4, -0.2) is 33.0 Å². The smallest absolute Gasteiger partial charge is 0.417 e. The zero-order chi connectivity index (χ0) is 18.2. The van der Waals surface area contributed by atoms with Crippen LogP contribution in [0.5, 0.6) is 0 Å². The largest absolute Gasteiger partial charge is 0.443 e. The van der Waals surface area contributed by atoms with E-state index < -0.39 is 26.9 Å². The Bertz CT molecular complexity index is 625. The van der Waals surface area contributed by atoms with Gasteiger partial charge in [-0.25, -0.2) is 9.69 Å². The molecule has 0 saturated carbocycles. The van der Waals surface area contributed by atoms with Crippen molar-refractivity contribution in [3.8, 4) is 0 Å². The molecule has 2 rings (SSSR count). The Morgan fingerprint density at radius 1 is 1.29 bits per heavy atom. The van der Waals surface area contributed by atoms with Gasteiger partial charge in [0.05, 0.1) is 0 Å². The second kappa shape index (κ2) is 6.57. The number of halogens is 3. The van der Waals surface area contributed by atoms with E-state index in [0.29, 0.717) is 5.56 Å². The monoisotopic (exact) mass is 451 g/mol. The third-order valence-corrected chi connectivity index (χ3v) is 4.95. The maximum absolute atomic E-state index is 14.4. The molecular weight excluding hydrogens is 431 g/mol. The number of alkyl halides is 3. The summed E-state index contributed by atoms with van der Waals surface area (Å²) in [4.78, 5) is 25.7. The standard InChI is InChI=1S/C17H20F2INO3/c1-15(2,3)24-14(23)21-10-9-16(13(21)22,17(18,19)20)11-12-7-5-4-6-8-12/h4-8H,9-11H2,1-3H3. The van der Waals surface area contributed by atoms with Gasteiger partial charge in [-0.2, -0.15) is 8.78 Å². The molecule has 0 bridgehead atoms. The minimum Gasteiger partial charge on any atom is -0.443 e. The highest BCUT2D eigenvalue weighted by Crippen LogP contribution is 2.51. The highest BCUT2D eigenvalue weighted by Gasteiger charge is 2.63. The summed E-state index contributed by atoms with van der Waals surface area (Å²) < 4.78 is 30.6. The van der Waals surface area contributed by atoms with Crippen LogP contribution in [0.1, 0.15) is 32.8 Å². The Balaban J connectivity index is 2.30. The van der Waals surface area contributed by atoms with Crippen molar-refractivity contribution in [2.45, 2.75) is 43.1 Å². The van der Waals surface area contributed by atoms with Crippen molar-refractivity contribution in [3.05, 3.63) is 35.9 Å². The van der Waals surface area contributed by atoms with E-state index in [1.165, 1.54) is 0 Å². The molecule has 0 aromatic heterocycles. The Labute approximate surface area is 153 Å². The summed E-state index contributed by atoms with van der Waals surface area (Å²) in [6.07, 6.45) is -1.10. The molecule has 1 aliphatic heterocycles. The number of hydrogen-bond donors (Lipinski definition) is 0. The summed E-state index contributed by atoms with van der Waals surface area (Å²) in [6.45, 7) is 4.92. The number of nitrogens with zero attached hydrogens (tertiary/aromatic N) is 1. The average Bonchev–Trinajstić information content (AvgIpc) is 2.76. The first-order valence-electron chi connectivity index (χ1n) is 7.62. The van der Waals surface area contributed by atoms with E-state index in [2.05, 4.69) is 0 Å². The van der Waals surface area contributed by atoms with Gasteiger partial charge >= 0.3 is 10.0 Å². The maximum atomic E-state index is 14.4. The fraction of sp³-hybridized carbons (Fsp3) is 0.529. The Hall–Kier alpha value is -1.25. The third kappa shape index (κ3) is 3.87. The number of benzene rings is 1. The Kier molecular flexibility index (Phi) is 5.22. The molecule has 1 fully saturated rings. The van der Waals surface area contributed by atoms with Crippen molar-refractivity contribution in [2.75, 3.05) is 6.54 Å². The minimum absolute atomic E-state index is 0.0703. The van der Waals surface area contributed by atoms with Crippen LogP contribution in [0.25, 0.3) is 0 Å². The van der Waals surface area contributed by atoms with Crippen LogP contribution in [0.3, 0.4) is 0 Å². The highest BCUT2D eigenvalue weighted by atomic mass is 127. The van der Waals surface area contributed by atoms with E-state index in [0.717, 1.165) is 27.5 Å². The fourth-order valence-corrected chi connectivity index (χ4v) is 3.42. The van der Waals surface area contributed by atoms with Crippen LogP contribution in [-0.2, 0) is 16.0 Å². The normalized spacial score (nSPS) is 21.9. The molecule has 7 heteroatoms. The molecule has 0 N–H and O–H groups in total. The summed E-state index contributed by atoms with van der Waals surface area (Å²) in [5.41, 5.74) is -2.10. The average molecular weight is 451 g/mol. The maximum Gasteiger partial charge on any atom is 0.417 e. The number of amides is 2. The SMILES string of the molecule is CC(C)(C)OC(=O)N1CCC(Cc2ccccc2)(C(F)(F)I)C1=O. The second-order valence-electron chi connectivity index (χ2n) is 6.93. The van der Waals surface area contributed by atoms with Crippen molar-refractivity contribution in [1.82, 2.24) is 4.90 Å². The predicted molar refractivity (Wildman–Crippen MR) is 94.1 cm³/mol. The van der Waals surface area contributed by atoms with Crippen LogP contribution in [0, 0.1) is 5.41 Å². The number of ether oxygens (including phenoxy) is 1. The molecule has 4 nitrogen and oxygen atoms in total. The van der Waals surface area contributed by atoms with Gasteiger partial charge in [-0.3, -0.25) is 4.79 Å².